The van der Waals surface area contributed by atoms with Gasteiger partial charge in [-0.15, -0.1) is 0 Å². The third-order valence-corrected chi connectivity index (χ3v) is 6.15. The molecular weight excluding hydrogens is 403 g/mol. The largest absolute Gasteiger partial charge is 0.496 e. The molecule has 1 unspecified atom stereocenters. The van der Waals surface area contributed by atoms with E-state index in [9.17, 15) is 9.18 Å². The van der Waals surface area contributed by atoms with Crippen LogP contribution in [0.15, 0.2) is 36.4 Å². The number of hydrogen-bond acceptors (Lipinski definition) is 3. The molecule has 1 aliphatic rings. The molecule has 0 aromatic heterocycles. The molecule has 1 aliphatic heterocycles. The van der Waals surface area contributed by atoms with Gasteiger partial charge < -0.3 is 10.1 Å². The molecule has 6 heteroatoms. The van der Waals surface area contributed by atoms with Crippen molar-refractivity contribution in [1.29, 1.82) is 0 Å². The van der Waals surface area contributed by atoms with Gasteiger partial charge in [0.05, 0.1) is 13.2 Å². The van der Waals surface area contributed by atoms with Crippen molar-refractivity contribution >= 4 is 17.5 Å². The molecule has 2 aromatic rings. The van der Waals surface area contributed by atoms with E-state index < -0.39 is 0 Å². The molecule has 0 aliphatic carbocycles. The van der Waals surface area contributed by atoms with Gasteiger partial charge in [-0.05, 0) is 68.6 Å². The fraction of sp³-hybridized carbons (Fsp3) is 0.458. The zero-order valence-electron chi connectivity index (χ0n) is 17.9. The number of carbonyl (C=O) groups excluding carboxylic acids is 1. The Labute approximate surface area is 183 Å². The molecule has 4 nitrogen and oxygen atoms in total. The van der Waals surface area contributed by atoms with Crippen molar-refractivity contribution < 1.29 is 13.9 Å². The highest BCUT2D eigenvalue weighted by Crippen LogP contribution is 2.26. The highest BCUT2D eigenvalue weighted by molar-refractivity contribution is 6.30. The molecule has 0 bridgehead atoms. The Bertz CT molecular complexity index is 882. The summed E-state index contributed by atoms with van der Waals surface area (Å²) in [5, 5.41) is 3.63. The fourth-order valence-corrected chi connectivity index (χ4v) is 4.23. The molecule has 1 N–H and O–H groups in total. The maximum Gasteiger partial charge on any atom is 0.223 e. The molecule has 1 heterocycles. The molecule has 2 aromatic carbocycles. The molecule has 1 amide bonds. The third kappa shape index (κ3) is 5.52. The summed E-state index contributed by atoms with van der Waals surface area (Å²) < 4.78 is 19.4. The number of nitrogens with zero attached hydrogens (tertiary/aromatic N) is 1. The van der Waals surface area contributed by atoms with Crippen LogP contribution in [0.25, 0.3) is 0 Å². The number of methoxy groups -OCH3 is 1. The summed E-state index contributed by atoms with van der Waals surface area (Å²) >= 11 is 5.83. The first kappa shape index (κ1) is 22.6. The number of amides is 1. The van der Waals surface area contributed by atoms with Crippen LogP contribution in [0, 0.1) is 18.7 Å². The first-order chi connectivity index (χ1) is 14.4. The van der Waals surface area contributed by atoms with Crippen LogP contribution in [0.3, 0.4) is 0 Å². The second-order valence-corrected chi connectivity index (χ2v) is 8.42. The van der Waals surface area contributed by atoms with Crippen molar-refractivity contribution in [2.24, 2.45) is 5.92 Å². The molecular formula is C24H30ClFN2O2. The van der Waals surface area contributed by atoms with E-state index in [0.29, 0.717) is 17.1 Å². The van der Waals surface area contributed by atoms with Gasteiger partial charge in [-0.25, -0.2) is 4.39 Å². The number of benzene rings is 2. The number of piperidine rings is 1. The minimum atomic E-state index is -0.275. The number of rotatable bonds is 7. The van der Waals surface area contributed by atoms with Gasteiger partial charge in [-0.1, -0.05) is 36.7 Å². The molecule has 3 rings (SSSR count). The summed E-state index contributed by atoms with van der Waals surface area (Å²) in [6, 6.07) is 10.8. The van der Waals surface area contributed by atoms with Crippen LogP contribution in [-0.4, -0.2) is 31.0 Å². The lowest BCUT2D eigenvalue weighted by molar-refractivity contribution is -0.127. The Morgan fingerprint density at radius 1 is 1.27 bits per heavy atom. The maximum absolute atomic E-state index is 14.0. The number of aryl methyl sites for hydroxylation is 1. The van der Waals surface area contributed by atoms with Crippen LogP contribution < -0.4 is 10.1 Å². The summed E-state index contributed by atoms with van der Waals surface area (Å²) in [4.78, 5) is 15.1. The quantitative estimate of drug-likeness (QED) is 0.647. The zero-order chi connectivity index (χ0) is 21.7. The highest BCUT2D eigenvalue weighted by atomic mass is 35.5. The van der Waals surface area contributed by atoms with Crippen molar-refractivity contribution in [2.45, 2.75) is 45.7 Å². The number of likely N-dealkylation sites (tertiary alicyclic amines) is 1. The molecule has 0 saturated carbocycles. The van der Waals surface area contributed by atoms with E-state index in [1.54, 1.807) is 19.2 Å². The predicted octanol–water partition coefficient (Wildman–Crippen LogP) is 5.28. The van der Waals surface area contributed by atoms with Crippen molar-refractivity contribution in [3.8, 4) is 5.75 Å². The van der Waals surface area contributed by atoms with Crippen molar-refractivity contribution in [2.75, 3.05) is 20.2 Å². The molecule has 1 saturated heterocycles. The Morgan fingerprint density at radius 3 is 2.60 bits per heavy atom. The first-order valence-electron chi connectivity index (χ1n) is 10.5. The minimum Gasteiger partial charge on any atom is -0.496 e. The van der Waals surface area contributed by atoms with Gasteiger partial charge in [-0.3, -0.25) is 9.69 Å². The lowest BCUT2D eigenvalue weighted by Gasteiger charge is -2.32. The first-order valence-corrected chi connectivity index (χ1v) is 10.9. The third-order valence-electron chi connectivity index (χ3n) is 5.91. The van der Waals surface area contributed by atoms with E-state index >= 15 is 0 Å². The van der Waals surface area contributed by atoms with Crippen LogP contribution in [0.1, 0.15) is 48.9 Å². The molecule has 0 radical (unpaired) electrons. The lowest BCUT2D eigenvalue weighted by atomic mass is 9.94. The average Bonchev–Trinajstić information content (AvgIpc) is 2.74. The molecule has 1 fully saturated rings. The molecule has 1 atom stereocenters. The Balaban J connectivity index is 1.54. The van der Waals surface area contributed by atoms with Gasteiger partial charge >= 0.3 is 0 Å². The number of hydrogen-bond donors (Lipinski definition) is 1. The van der Waals surface area contributed by atoms with Gasteiger partial charge in [0.25, 0.3) is 0 Å². The van der Waals surface area contributed by atoms with Gasteiger partial charge in [-0.2, -0.15) is 0 Å². The van der Waals surface area contributed by atoms with Crippen LogP contribution >= 0.6 is 11.6 Å². The number of nitrogens with one attached hydrogen (secondary N) is 1. The van der Waals surface area contributed by atoms with Crippen LogP contribution in [0.2, 0.25) is 5.02 Å². The molecule has 0 spiro atoms. The normalized spacial score (nSPS) is 16.3. The second-order valence-electron chi connectivity index (χ2n) is 7.98. The van der Waals surface area contributed by atoms with E-state index in [1.165, 1.54) is 6.07 Å². The van der Waals surface area contributed by atoms with Gasteiger partial charge in [0.1, 0.15) is 11.6 Å². The van der Waals surface area contributed by atoms with E-state index in [0.717, 1.165) is 49.2 Å². The summed E-state index contributed by atoms with van der Waals surface area (Å²) in [5.74, 6) is 0.671. The van der Waals surface area contributed by atoms with Gasteiger partial charge in [0, 0.05) is 23.0 Å². The van der Waals surface area contributed by atoms with Crippen LogP contribution in [0.5, 0.6) is 5.75 Å². The summed E-state index contributed by atoms with van der Waals surface area (Å²) in [5.41, 5.74) is 2.80. The number of ether oxygens (including phenoxy) is 1. The van der Waals surface area contributed by atoms with Crippen LogP contribution in [-0.2, 0) is 11.3 Å². The van der Waals surface area contributed by atoms with E-state index in [1.807, 2.05) is 19.1 Å². The predicted molar refractivity (Wildman–Crippen MR) is 118 cm³/mol. The van der Waals surface area contributed by atoms with Crippen LogP contribution in [0.4, 0.5) is 4.39 Å². The minimum absolute atomic E-state index is 0.00953. The molecule has 30 heavy (non-hydrogen) atoms. The van der Waals surface area contributed by atoms with E-state index in [2.05, 4.69) is 23.2 Å². The Kier molecular flexibility index (Phi) is 7.73. The van der Waals surface area contributed by atoms with Crippen molar-refractivity contribution in [3.63, 3.8) is 0 Å². The molecule has 162 valence electrons. The SMILES string of the molecule is CCC(NC(=O)C1CCN(Cc2ccc(Cl)cc2F)CC1)c1ccc(OC)c(C)c1. The summed E-state index contributed by atoms with van der Waals surface area (Å²) in [6.45, 7) is 6.18. The lowest BCUT2D eigenvalue weighted by Crippen LogP contribution is -2.41. The zero-order valence-corrected chi connectivity index (χ0v) is 18.6. The average molecular weight is 433 g/mol. The topological polar surface area (TPSA) is 41.6 Å². The van der Waals surface area contributed by atoms with Gasteiger partial charge in [0.2, 0.25) is 5.91 Å². The Morgan fingerprint density at radius 2 is 2.00 bits per heavy atom. The second kappa shape index (κ2) is 10.3. The van der Waals surface area contributed by atoms with E-state index in [-0.39, 0.29) is 23.7 Å². The smallest absolute Gasteiger partial charge is 0.223 e. The van der Waals surface area contributed by atoms with Crippen molar-refractivity contribution in [3.05, 3.63) is 63.9 Å². The highest BCUT2D eigenvalue weighted by Gasteiger charge is 2.27. The summed E-state index contributed by atoms with van der Waals surface area (Å²) in [7, 11) is 1.66. The maximum atomic E-state index is 14.0. The Hall–Kier alpha value is -2.11. The summed E-state index contributed by atoms with van der Waals surface area (Å²) in [6.07, 6.45) is 2.38. The number of carbonyl (C=O) groups is 1. The fourth-order valence-electron chi connectivity index (χ4n) is 4.07. The monoisotopic (exact) mass is 432 g/mol. The number of halogens is 2. The van der Waals surface area contributed by atoms with Crippen molar-refractivity contribution in [1.82, 2.24) is 10.2 Å². The van der Waals surface area contributed by atoms with Gasteiger partial charge in [0.15, 0.2) is 0 Å². The standard InChI is InChI=1S/C24H30ClFN2O2/c1-4-22(18-6-8-23(30-3)16(2)13-18)27-24(29)17-9-11-28(12-10-17)15-19-5-7-20(25)14-21(19)26/h5-8,13-14,17,22H,4,9-12,15H2,1-3H3,(H,27,29). The van der Waals surface area contributed by atoms with E-state index in [4.69, 9.17) is 16.3 Å².